The molecule has 2 aromatic rings. The average Bonchev–Trinajstić information content (AvgIpc) is 3.06. The summed E-state index contributed by atoms with van der Waals surface area (Å²) < 4.78 is 1.98. The van der Waals surface area contributed by atoms with Crippen LogP contribution < -0.4 is 10.2 Å². The molecular formula is C20H28N4O. The number of nitrogens with zero attached hydrogens (tertiary/aromatic N) is 3. The molecule has 5 nitrogen and oxygen atoms in total. The molecule has 1 amide bonds. The molecule has 1 aromatic heterocycles. The number of carbonyl (C=O) groups excluding carboxylic acids is 1. The normalized spacial score (nSPS) is 16.4. The van der Waals surface area contributed by atoms with E-state index in [4.69, 9.17) is 0 Å². The van der Waals surface area contributed by atoms with Crippen molar-refractivity contribution in [3.05, 3.63) is 48.0 Å². The van der Waals surface area contributed by atoms with Crippen molar-refractivity contribution in [3.63, 3.8) is 0 Å². The second-order valence-corrected chi connectivity index (χ2v) is 7.16. The zero-order chi connectivity index (χ0) is 17.8. The number of carbonyl (C=O) groups is 1. The molecule has 1 heterocycles. The van der Waals surface area contributed by atoms with Crippen LogP contribution in [0.1, 0.15) is 49.5 Å². The third-order valence-electron chi connectivity index (χ3n) is 5.12. The number of aromatic nitrogens is 2. The van der Waals surface area contributed by atoms with Crippen LogP contribution in [-0.4, -0.2) is 29.6 Å². The van der Waals surface area contributed by atoms with Crippen molar-refractivity contribution in [2.24, 2.45) is 13.0 Å². The van der Waals surface area contributed by atoms with Gasteiger partial charge in [0.15, 0.2) is 0 Å². The fourth-order valence-electron chi connectivity index (χ4n) is 3.54. The van der Waals surface area contributed by atoms with Gasteiger partial charge in [0.05, 0.1) is 0 Å². The van der Waals surface area contributed by atoms with Crippen molar-refractivity contribution in [2.45, 2.75) is 38.1 Å². The van der Waals surface area contributed by atoms with E-state index in [1.165, 1.54) is 6.42 Å². The molecule has 1 aliphatic rings. The van der Waals surface area contributed by atoms with Crippen LogP contribution in [0.15, 0.2) is 36.7 Å². The summed E-state index contributed by atoms with van der Waals surface area (Å²) in [6, 6.07) is 8.10. The van der Waals surface area contributed by atoms with Gasteiger partial charge in [-0.25, -0.2) is 4.98 Å². The summed E-state index contributed by atoms with van der Waals surface area (Å²) in [5, 5.41) is 3.26. The summed E-state index contributed by atoms with van der Waals surface area (Å²) in [7, 11) is 6.02. The van der Waals surface area contributed by atoms with Gasteiger partial charge < -0.3 is 14.8 Å². The van der Waals surface area contributed by atoms with E-state index in [1.54, 1.807) is 6.20 Å². The van der Waals surface area contributed by atoms with Crippen LogP contribution in [0.5, 0.6) is 0 Å². The minimum absolute atomic E-state index is 0.137. The van der Waals surface area contributed by atoms with Crippen molar-refractivity contribution in [1.82, 2.24) is 14.9 Å². The Morgan fingerprint density at radius 2 is 1.88 bits per heavy atom. The molecule has 0 spiro atoms. The summed E-state index contributed by atoms with van der Waals surface area (Å²) in [5.41, 5.74) is 2.20. The molecule has 25 heavy (non-hydrogen) atoms. The zero-order valence-corrected chi connectivity index (χ0v) is 15.4. The first-order valence-corrected chi connectivity index (χ1v) is 9.11. The molecule has 1 fully saturated rings. The van der Waals surface area contributed by atoms with Gasteiger partial charge in [0.2, 0.25) is 5.91 Å². The van der Waals surface area contributed by atoms with Crippen molar-refractivity contribution >= 4 is 11.6 Å². The van der Waals surface area contributed by atoms with Crippen LogP contribution in [0.3, 0.4) is 0 Å². The molecule has 1 N–H and O–H groups in total. The van der Waals surface area contributed by atoms with Gasteiger partial charge in [-0.3, -0.25) is 4.79 Å². The summed E-state index contributed by atoms with van der Waals surface area (Å²) in [6.07, 6.45) is 9.26. The minimum Gasteiger partial charge on any atom is -0.378 e. The first-order valence-electron chi connectivity index (χ1n) is 9.11. The third kappa shape index (κ3) is 4.03. The summed E-state index contributed by atoms with van der Waals surface area (Å²) >= 11 is 0. The second-order valence-electron chi connectivity index (χ2n) is 7.16. The Bertz CT molecular complexity index is 699. The Balaban J connectivity index is 1.85. The standard InChI is InChI=1S/C20H28N4O/c1-23(2)17-11-9-15(10-12-17)18(19-21-13-14-24(19)3)22-20(25)16-7-5-4-6-8-16/h9-14,16,18H,4-8H2,1-3H3,(H,22,25). The van der Waals surface area contributed by atoms with E-state index >= 15 is 0 Å². The highest BCUT2D eigenvalue weighted by molar-refractivity contribution is 5.79. The lowest BCUT2D eigenvalue weighted by Gasteiger charge is -2.25. The highest BCUT2D eigenvalue weighted by Gasteiger charge is 2.26. The first-order chi connectivity index (χ1) is 12.1. The molecule has 0 bridgehead atoms. The Labute approximate surface area is 150 Å². The van der Waals surface area contributed by atoms with Crippen molar-refractivity contribution < 1.29 is 4.79 Å². The van der Waals surface area contributed by atoms with E-state index in [2.05, 4.69) is 39.5 Å². The smallest absolute Gasteiger partial charge is 0.223 e. The van der Waals surface area contributed by atoms with Crippen molar-refractivity contribution in [1.29, 1.82) is 0 Å². The van der Waals surface area contributed by atoms with Gasteiger partial charge in [0, 0.05) is 45.1 Å². The van der Waals surface area contributed by atoms with Gasteiger partial charge in [0.1, 0.15) is 11.9 Å². The van der Waals surface area contributed by atoms with E-state index in [1.807, 2.05) is 31.9 Å². The third-order valence-corrected chi connectivity index (χ3v) is 5.12. The van der Waals surface area contributed by atoms with E-state index in [0.717, 1.165) is 42.8 Å². The maximum Gasteiger partial charge on any atom is 0.223 e. The van der Waals surface area contributed by atoms with Crippen LogP contribution in [0.4, 0.5) is 5.69 Å². The zero-order valence-electron chi connectivity index (χ0n) is 15.4. The Hall–Kier alpha value is -2.30. The SMILES string of the molecule is CN(C)c1ccc(C(NC(=O)C2CCCCC2)c2nccn2C)cc1. The van der Waals surface area contributed by atoms with Gasteiger partial charge in [-0.15, -0.1) is 0 Å². The number of aryl methyl sites for hydroxylation is 1. The van der Waals surface area contributed by atoms with Gasteiger partial charge >= 0.3 is 0 Å². The van der Waals surface area contributed by atoms with Gasteiger partial charge in [0.25, 0.3) is 0 Å². The fraction of sp³-hybridized carbons (Fsp3) is 0.500. The summed E-state index contributed by atoms with van der Waals surface area (Å²) in [6.45, 7) is 0. The molecule has 1 aromatic carbocycles. The van der Waals surface area contributed by atoms with Crippen LogP contribution in [-0.2, 0) is 11.8 Å². The molecule has 134 valence electrons. The summed E-state index contributed by atoms with van der Waals surface area (Å²) in [4.78, 5) is 19.4. The Morgan fingerprint density at radius 3 is 2.44 bits per heavy atom. The van der Waals surface area contributed by atoms with Crippen LogP contribution in [0.25, 0.3) is 0 Å². The predicted molar refractivity (Wildman–Crippen MR) is 101 cm³/mol. The molecule has 0 radical (unpaired) electrons. The van der Waals surface area contributed by atoms with E-state index in [0.29, 0.717) is 0 Å². The van der Waals surface area contributed by atoms with E-state index in [-0.39, 0.29) is 17.9 Å². The molecule has 1 atom stereocenters. The van der Waals surface area contributed by atoms with Gasteiger partial charge in [-0.2, -0.15) is 0 Å². The number of rotatable bonds is 5. The Kier molecular flexibility index (Phi) is 5.41. The molecule has 0 aliphatic heterocycles. The second kappa shape index (κ2) is 7.72. The molecule has 1 saturated carbocycles. The van der Waals surface area contributed by atoms with Crippen molar-refractivity contribution in [3.8, 4) is 0 Å². The average molecular weight is 340 g/mol. The van der Waals surface area contributed by atoms with Crippen LogP contribution in [0.2, 0.25) is 0 Å². The largest absolute Gasteiger partial charge is 0.378 e. The number of benzene rings is 1. The highest BCUT2D eigenvalue weighted by Crippen LogP contribution is 2.27. The molecule has 1 unspecified atom stereocenters. The molecule has 5 heteroatoms. The quantitative estimate of drug-likeness (QED) is 0.909. The monoisotopic (exact) mass is 340 g/mol. The lowest BCUT2D eigenvalue weighted by atomic mass is 9.88. The number of hydrogen-bond acceptors (Lipinski definition) is 3. The van der Waals surface area contributed by atoms with E-state index < -0.39 is 0 Å². The van der Waals surface area contributed by atoms with Crippen LogP contribution in [0, 0.1) is 5.92 Å². The molecule has 1 aliphatic carbocycles. The summed E-state index contributed by atoms with van der Waals surface area (Å²) in [5.74, 6) is 1.16. The van der Waals surface area contributed by atoms with E-state index in [9.17, 15) is 4.79 Å². The maximum atomic E-state index is 12.8. The maximum absolute atomic E-state index is 12.8. The number of imidazole rings is 1. The van der Waals surface area contributed by atoms with Crippen molar-refractivity contribution in [2.75, 3.05) is 19.0 Å². The van der Waals surface area contributed by atoms with Crippen LogP contribution >= 0.6 is 0 Å². The number of anilines is 1. The highest BCUT2D eigenvalue weighted by atomic mass is 16.1. The number of hydrogen-bond donors (Lipinski definition) is 1. The topological polar surface area (TPSA) is 50.2 Å². The van der Waals surface area contributed by atoms with Gasteiger partial charge in [-0.05, 0) is 30.5 Å². The minimum atomic E-state index is -0.217. The first kappa shape index (κ1) is 17.5. The lowest BCUT2D eigenvalue weighted by Crippen LogP contribution is -2.36. The number of amides is 1. The lowest BCUT2D eigenvalue weighted by molar-refractivity contribution is -0.126. The Morgan fingerprint density at radius 1 is 1.20 bits per heavy atom. The molecule has 0 saturated heterocycles. The molecular weight excluding hydrogens is 312 g/mol. The fourth-order valence-corrected chi connectivity index (χ4v) is 3.54. The predicted octanol–water partition coefficient (Wildman–Crippen LogP) is 3.27. The molecule has 3 rings (SSSR count). The number of nitrogens with one attached hydrogen (secondary N) is 1. The van der Waals surface area contributed by atoms with Gasteiger partial charge in [-0.1, -0.05) is 31.4 Å².